The van der Waals surface area contributed by atoms with Gasteiger partial charge in [0, 0.05) is 41.1 Å². The number of aliphatic carboxylic acids is 1. The first kappa shape index (κ1) is 25.8. The first-order chi connectivity index (χ1) is 16.9. The molecule has 2 aromatic carbocycles. The van der Waals surface area contributed by atoms with Crippen LogP contribution in [-0.4, -0.2) is 27.2 Å². The van der Waals surface area contributed by atoms with Gasteiger partial charge in [-0.1, -0.05) is 32.9 Å². The van der Waals surface area contributed by atoms with E-state index in [-0.39, 0.29) is 18.3 Å². The van der Waals surface area contributed by atoms with E-state index in [1.165, 1.54) is 23.5 Å². The molecule has 0 radical (unpaired) electrons. The van der Waals surface area contributed by atoms with Gasteiger partial charge in [0.15, 0.2) is 0 Å². The Morgan fingerprint density at radius 1 is 1.14 bits per heavy atom. The van der Waals surface area contributed by atoms with E-state index in [0.29, 0.717) is 22.9 Å². The number of hydrogen-bond acceptors (Lipinski definition) is 4. The van der Waals surface area contributed by atoms with E-state index in [1.54, 1.807) is 0 Å². The Bertz CT molecular complexity index is 1390. The molecule has 0 amide bonds. The van der Waals surface area contributed by atoms with Crippen LogP contribution in [0, 0.1) is 0 Å². The van der Waals surface area contributed by atoms with Gasteiger partial charge >= 0.3 is 12.1 Å². The van der Waals surface area contributed by atoms with Crippen molar-refractivity contribution in [2.75, 3.05) is 6.61 Å². The average Bonchev–Trinajstić information content (AvgIpc) is 3.39. The summed E-state index contributed by atoms with van der Waals surface area (Å²) < 4.78 is 46.8. The lowest BCUT2D eigenvalue weighted by Crippen LogP contribution is -2.08. The van der Waals surface area contributed by atoms with Gasteiger partial charge in [-0.2, -0.15) is 13.2 Å². The first-order valence-electron chi connectivity index (χ1n) is 11.5. The number of alkyl halides is 3. The normalized spacial score (nSPS) is 12.9. The number of carbonyl (C=O) groups is 1. The molecule has 0 unspecified atom stereocenters. The number of hydrogen-bond donors (Lipinski definition) is 1. The lowest BCUT2D eigenvalue weighted by molar-refractivity contribution is -0.138. The zero-order chi connectivity index (χ0) is 26.2. The van der Waals surface area contributed by atoms with E-state index in [0.717, 1.165) is 39.2 Å². The van der Waals surface area contributed by atoms with Crippen LogP contribution in [0.5, 0.6) is 5.75 Å². The highest BCUT2D eigenvalue weighted by Gasteiger charge is 2.30. The van der Waals surface area contributed by atoms with Crippen molar-refractivity contribution in [3.05, 3.63) is 70.4 Å². The SMILES string of the molecule is CC(C)c1nc(-c2ccc(C(F)(F)F)cc2)sc1[C@H](C)COc1ccc2c(CC(=O)O)cn(C)c2c1. The standard InChI is InChI=1S/C27H27F3N2O3S/c1-15(2)24-25(36-26(31-24)17-5-7-19(8-6-17)27(28,29)30)16(3)14-35-20-9-10-21-18(11-23(33)34)13-32(4)22(21)12-20/h5-10,12-13,15-16H,11,14H2,1-4H3,(H,33,34)/t16-/m1/s1. The maximum Gasteiger partial charge on any atom is 0.416 e. The van der Waals surface area contributed by atoms with Gasteiger partial charge in [0.05, 0.1) is 29.8 Å². The van der Waals surface area contributed by atoms with Crippen molar-refractivity contribution in [2.45, 2.75) is 45.2 Å². The molecule has 36 heavy (non-hydrogen) atoms. The molecule has 0 bridgehead atoms. The number of rotatable bonds is 8. The number of ether oxygens (including phenoxy) is 1. The maximum absolute atomic E-state index is 12.9. The highest BCUT2D eigenvalue weighted by Crippen LogP contribution is 2.38. The van der Waals surface area contributed by atoms with Crippen LogP contribution in [0.1, 0.15) is 54.3 Å². The van der Waals surface area contributed by atoms with Crippen molar-refractivity contribution < 1.29 is 27.8 Å². The van der Waals surface area contributed by atoms with Gasteiger partial charge in [-0.25, -0.2) is 4.98 Å². The van der Waals surface area contributed by atoms with Crippen LogP contribution in [0.15, 0.2) is 48.7 Å². The number of carboxylic acid groups (broad SMARTS) is 1. The average molecular weight is 517 g/mol. The number of nitrogens with zero attached hydrogens (tertiary/aromatic N) is 2. The molecule has 0 saturated heterocycles. The molecule has 0 spiro atoms. The minimum Gasteiger partial charge on any atom is -0.493 e. The summed E-state index contributed by atoms with van der Waals surface area (Å²) in [5.41, 5.74) is 2.53. The van der Waals surface area contributed by atoms with Crippen molar-refractivity contribution in [1.82, 2.24) is 9.55 Å². The van der Waals surface area contributed by atoms with E-state index in [4.69, 9.17) is 14.8 Å². The second kappa shape index (κ2) is 9.97. The molecule has 1 N–H and O–H groups in total. The lowest BCUT2D eigenvalue weighted by Gasteiger charge is -2.14. The fourth-order valence-electron chi connectivity index (χ4n) is 4.17. The second-order valence-corrected chi connectivity index (χ2v) is 10.3. The second-order valence-electron chi connectivity index (χ2n) is 9.23. The molecule has 2 heterocycles. The van der Waals surface area contributed by atoms with Gasteiger partial charge in [0.25, 0.3) is 0 Å². The lowest BCUT2D eigenvalue weighted by atomic mass is 10.0. The molecule has 2 aromatic heterocycles. The molecule has 5 nitrogen and oxygen atoms in total. The van der Waals surface area contributed by atoms with Crippen LogP contribution >= 0.6 is 11.3 Å². The third kappa shape index (κ3) is 5.41. The van der Waals surface area contributed by atoms with E-state index in [9.17, 15) is 18.0 Å². The monoisotopic (exact) mass is 516 g/mol. The molecule has 9 heteroatoms. The predicted molar refractivity (Wildman–Crippen MR) is 135 cm³/mol. The Kier molecular flexibility index (Phi) is 7.13. The quantitative estimate of drug-likeness (QED) is 0.268. The Morgan fingerprint density at radius 3 is 2.44 bits per heavy atom. The molecule has 1 atom stereocenters. The van der Waals surface area contributed by atoms with Gasteiger partial charge in [-0.05, 0) is 35.7 Å². The summed E-state index contributed by atoms with van der Waals surface area (Å²) in [4.78, 5) is 16.9. The summed E-state index contributed by atoms with van der Waals surface area (Å²) in [5.74, 6) is -0.0436. The van der Waals surface area contributed by atoms with Crippen LogP contribution in [0.2, 0.25) is 0 Å². The molecule has 190 valence electrons. The van der Waals surface area contributed by atoms with Crippen LogP contribution in [-0.2, 0) is 24.4 Å². The van der Waals surface area contributed by atoms with Crippen LogP contribution in [0.25, 0.3) is 21.5 Å². The van der Waals surface area contributed by atoms with Crippen LogP contribution in [0.3, 0.4) is 0 Å². The number of aryl methyl sites for hydroxylation is 1. The van der Waals surface area contributed by atoms with Gasteiger partial charge in [-0.3, -0.25) is 4.79 Å². The summed E-state index contributed by atoms with van der Waals surface area (Å²) in [6, 6.07) is 10.7. The fraction of sp³-hybridized carbons (Fsp3) is 0.333. The van der Waals surface area contributed by atoms with Crippen molar-refractivity contribution in [3.8, 4) is 16.3 Å². The Hall–Kier alpha value is -3.33. The van der Waals surface area contributed by atoms with Crippen LogP contribution < -0.4 is 4.74 Å². The molecule has 0 aliphatic rings. The Balaban J connectivity index is 1.54. The van der Waals surface area contributed by atoms with Gasteiger partial charge in [-0.15, -0.1) is 11.3 Å². The largest absolute Gasteiger partial charge is 0.493 e. The third-order valence-corrected chi connectivity index (χ3v) is 7.37. The van der Waals surface area contributed by atoms with Gasteiger partial charge in [0.2, 0.25) is 0 Å². The zero-order valence-corrected chi connectivity index (χ0v) is 21.2. The van der Waals surface area contributed by atoms with Crippen molar-refractivity contribution in [1.29, 1.82) is 0 Å². The van der Waals surface area contributed by atoms with Crippen LogP contribution in [0.4, 0.5) is 13.2 Å². The maximum atomic E-state index is 12.9. The topological polar surface area (TPSA) is 64.3 Å². The first-order valence-corrected chi connectivity index (χ1v) is 12.4. The summed E-state index contributed by atoms with van der Waals surface area (Å²) in [7, 11) is 1.87. The highest BCUT2D eigenvalue weighted by atomic mass is 32.1. The van der Waals surface area contributed by atoms with E-state index >= 15 is 0 Å². The number of fused-ring (bicyclic) bond motifs is 1. The van der Waals surface area contributed by atoms with E-state index < -0.39 is 17.7 Å². The summed E-state index contributed by atoms with van der Waals surface area (Å²) >= 11 is 1.48. The van der Waals surface area contributed by atoms with E-state index in [1.807, 2.05) is 56.8 Å². The molecular weight excluding hydrogens is 489 g/mol. The number of benzene rings is 2. The van der Waals surface area contributed by atoms with Gasteiger partial charge < -0.3 is 14.4 Å². The summed E-state index contributed by atoms with van der Waals surface area (Å²) in [6.45, 7) is 6.52. The molecule has 0 saturated carbocycles. The van der Waals surface area contributed by atoms with Gasteiger partial charge in [0.1, 0.15) is 10.8 Å². The number of thiazole rings is 1. The predicted octanol–water partition coefficient (Wildman–Crippen LogP) is 7.25. The van der Waals surface area contributed by atoms with Crippen molar-refractivity contribution in [2.24, 2.45) is 7.05 Å². The van der Waals surface area contributed by atoms with E-state index in [2.05, 4.69) is 0 Å². The number of carboxylic acids is 1. The van der Waals surface area contributed by atoms with Crippen molar-refractivity contribution >= 4 is 28.2 Å². The molecule has 4 aromatic rings. The Labute approximate surface area is 211 Å². The smallest absolute Gasteiger partial charge is 0.416 e. The number of aromatic nitrogens is 2. The zero-order valence-electron chi connectivity index (χ0n) is 20.4. The minimum atomic E-state index is -4.37. The molecule has 0 aliphatic heterocycles. The summed E-state index contributed by atoms with van der Waals surface area (Å²) in [6.07, 6.45) is -2.60. The molecular formula is C27H27F3N2O3S. The Morgan fingerprint density at radius 2 is 1.83 bits per heavy atom. The molecule has 0 aliphatic carbocycles. The molecule has 0 fully saturated rings. The minimum absolute atomic E-state index is 0.00905. The van der Waals surface area contributed by atoms with Crippen molar-refractivity contribution in [3.63, 3.8) is 0 Å². The highest BCUT2D eigenvalue weighted by molar-refractivity contribution is 7.15. The molecule has 4 rings (SSSR count). The fourth-order valence-corrected chi connectivity index (χ4v) is 5.44. The summed E-state index contributed by atoms with van der Waals surface area (Å²) in [5, 5.41) is 10.7. The number of halogens is 3. The third-order valence-electron chi connectivity index (χ3n) is 6.02.